The van der Waals surface area contributed by atoms with Crippen molar-refractivity contribution in [3.05, 3.63) is 76.3 Å². The molecule has 5 atom stereocenters. The van der Waals surface area contributed by atoms with Crippen LogP contribution in [-0.4, -0.2) is 87.8 Å². The molecule has 2 aliphatic rings. The molecule has 3 heterocycles. The minimum Gasteiger partial charge on any atom is -0.460 e. The molecule has 1 saturated heterocycles. The highest BCUT2D eigenvalue weighted by atomic mass is 19.1. The van der Waals surface area contributed by atoms with Crippen LogP contribution >= 0.6 is 0 Å². The van der Waals surface area contributed by atoms with E-state index in [9.17, 15) is 24.0 Å². The second-order valence-electron chi connectivity index (χ2n) is 18.3. The summed E-state index contributed by atoms with van der Waals surface area (Å²) in [4.78, 5) is 76.2. The Bertz CT molecular complexity index is 2290. The van der Waals surface area contributed by atoms with E-state index < -0.39 is 79.3 Å². The van der Waals surface area contributed by atoms with Gasteiger partial charge in [-0.15, -0.1) is 0 Å². The number of benzene rings is 2. The van der Waals surface area contributed by atoms with Crippen molar-refractivity contribution in [2.45, 2.75) is 166 Å². The van der Waals surface area contributed by atoms with Gasteiger partial charge in [-0.1, -0.05) is 159 Å². The van der Waals surface area contributed by atoms with E-state index in [1.54, 1.807) is 13.8 Å². The van der Waals surface area contributed by atoms with Crippen molar-refractivity contribution >= 4 is 41.1 Å². The zero-order valence-electron chi connectivity index (χ0n) is 39.8. The summed E-state index contributed by atoms with van der Waals surface area (Å²) in [5, 5.41) is 2.60. The second kappa shape index (κ2) is 26.1. The SMILES string of the molecule is CCCCCCCCCCCCCCCCCC(=O)OC(COC(=O)[C@@H](NC(=O)OCC1c2ccccc2-c2ccccc21)C(C)C)C(=O)OC[C@H]1O[C@@H](n2cnc3c(=O)[nH]c(N)nc32)C[C@@H]1F. The summed E-state index contributed by atoms with van der Waals surface area (Å²) in [5.74, 6) is -3.48. The van der Waals surface area contributed by atoms with Crippen molar-refractivity contribution in [1.82, 2.24) is 24.8 Å². The molecular weight excluding hydrogens is 876 g/mol. The number of rotatable bonds is 28. The minimum atomic E-state index is -1.70. The van der Waals surface area contributed by atoms with Crippen LogP contribution in [0.2, 0.25) is 0 Å². The Kier molecular flexibility index (Phi) is 19.8. The maximum atomic E-state index is 15.4. The predicted octanol–water partition coefficient (Wildman–Crippen LogP) is 9.15. The Morgan fingerprint density at radius 2 is 1.41 bits per heavy atom. The molecule has 68 heavy (non-hydrogen) atoms. The van der Waals surface area contributed by atoms with Gasteiger partial charge in [0, 0.05) is 18.8 Å². The number of fused-ring (bicyclic) bond motifs is 4. The van der Waals surface area contributed by atoms with Gasteiger partial charge in [-0.05, 0) is 34.6 Å². The van der Waals surface area contributed by atoms with E-state index in [0.717, 1.165) is 47.9 Å². The fourth-order valence-electron chi connectivity index (χ4n) is 8.94. The van der Waals surface area contributed by atoms with E-state index in [0.29, 0.717) is 6.42 Å². The van der Waals surface area contributed by atoms with Crippen LogP contribution in [0.4, 0.5) is 15.1 Å². The minimum absolute atomic E-state index is 0.00942. The zero-order valence-corrected chi connectivity index (χ0v) is 39.8. The Hall–Kier alpha value is -5.84. The Morgan fingerprint density at radius 1 is 0.824 bits per heavy atom. The molecule has 2 aromatic carbocycles. The van der Waals surface area contributed by atoms with Crippen LogP contribution in [0.3, 0.4) is 0 Å². The molecule has 2 aromatic heterocycles. The van der Waals surface area contributed by atoms with E-state index in [-0.39, 0.29) is 42.5 Å². The number of unbranched alkanes of at least 4 members (excludes halogenated alkanes) is 14. The molecule has 1 unspecified atom stereocenters. The number of aromatic amines is 1. The third-order valence-corrected chi connectivity index (χ3v) is 12.7. The second-order valence-corrected chi connectivity index (χ2v) is 18.3. The average Bonchev–Trinajstić information content (AvgIpc) is 4.02. The first-order valence-electron chi connectivity index (χ1n) is 24.6. The summed E-state index contributed by atoms with van der Waals surface area (Å²) in [5.41, 5.74) is 9.43. The highest BCUT2D eigenvalue weighted by Crippen LogP contribution is 2.44. The molecule has 1 aliphatic heterocycles. The van der Waals surface area contributed by atoms with Crippen molar-refractivity contribution in [3.8, 4) is 11.1 Å². The van der Waals surface area contributed by atoms with Crippen molar-refractivity contribution < 1.29 is 47.3 Å². The molecule has 0 saturated carbocycles. The Morgan fingerprint density at radius 3 is 2.01 bits per heavy atom. The normalized spacial score (nSPS) is 17.4. The van der Waals surface area contributed by atoms with Crippen LogP contribution in [0.1, 0.15) is 153 Å². The number of alkyl carbamates (subject to hydrolysis) is 1. The molecule has 370 valence electrons. The number of hydrogen-bond donors (Lipinski definition) is 3. The lowest BCUT2D eigenvalue weighted by atomic mass is 9.98. The fourth-order valence-corrected chi connectivity index (χ4v) is 8.94. The van der Waals surface area contributed by atoms with Crippen LogP contribution in [-0.2, 0) is 38.1 Å². The number of amides is 1. The van der Waals surface area contributed by atoms with E-state index >= 15 is 4.39 Å². The van der Waals surface area contributed by atoms with Gasteiger partial charge in [0.05, 0.1) is 6.33 Å². The van der Waals surface area contributed by atoms with Gasteiger partial charge in [0.2, 0.25) is 12.1 Å². The van der Waals surface area contributed by atoms with E-state index in [1.165, 1.54) is 75.1 Å². The van der Waals surface area contributed by atoms with Gasteiger partial charge >= 0.3 is 24.0 Å². The predicted molar refractivity (Wildman–Crippen MR) is 254 cm³/mol. The van der Waals surface area contributed by atoms with Crippen LogP contribution < -0.4 is 16.6 Å². The number of hydrogen-bond acceptors (Lipinski definition) is 13. The standard InChI is InChI=1S/C51H69FN6O10/c1-4-5-6-7-8-9-10-11-12-13-14-15-16-17-18-27-43(59)68-41(48(61)64-30-40-39(52)28-42(67-40)58-32-54-45-46(58)56-50(53)57-47(45)60)31-65-49(62)44(33(2)3)55-51(63)66-29-38-36-25-21-19-23-34(36)35-24-20-22-26-37(35)38/h19-26,32-33,38-42,44H,4-18,27-31H2,1-3H3,(H,55,63)(H3,53,56,57,60)/t39-,40+,41?,42+,44-/m0/s1. The maximum Gasteiger partial charge on any atom is 0.407 e. The summed E-state index contributed by atoms with van der Waals surface area (Å²) in [6.45, 7) is 4.37. The largest absolute Gasteiger partial charge is 0.460 e. The molecule has 4 aromatic rings. The van der Waals surface area contributed by atoms with Gasteiger partial charge < -0.3 is 34.7 Å². The Balaban J connectivity index is 0.991. The highest BCUT2D eigenvalue weighted by molar-refractivity contribution is 5.83. The first kappa shape index (κ1) is 51.5. The van der Waals surface area contributed by atoms with Crippen molar-refractivity contribution in [2.75, 3.05) is 25.6 Å². The molecule has 6 rings (SSSR count). The Labute approximate surface area is 397 Å². The number of carbonyl (C=O) groups is 4. The van der Waals surface area contributed by atoms with Crippen LogP contribution in [0.15, 0.2) is 59.7 Å². The van der Waals surface area contributed by atoms with Gasteiger partial charge in [0.15, 0.2) is 11.2 Å². The fraction of sp³-hybridized carbons (Fsp3) is 0.588. The number of nitrogens with two attached hydrogens (primary N) is 1. The maximum absolute atomic E-state index is 15.4. The molecule has 4 N–H and O–H groups in total. The summed E-state index contributed by atoms with van der Waals surface area (Å²) in [6.07, 6.45) is 12.2. The van der Waals surface area contributed by atoms with Gasteiger partial charge in [0.25, 0.3) is 5.56 Å². The lowest BCUT2D eigenvalue weighted by Crippen LogP contribution is -2.47. The van der Waals surface area contributed by atoms with Crippen molar-refractivity contribution in [1.29, 1.82) is 0 Å². The summed E-state index contributed by atoms with van der Waals surface area (Å²) in [6, 6.07) is 14.7. The number of esters is 3. The first-order valence-corrected chi connectivity index (χ1v) is 24.6. The topological polar surface area (TPSA) is 216 Å². The average molecular weight is 945 g/mol. The summed E-state index contributed by atoms with van der Waals surface area (Å²) >= 11 is 0. The number of nitrogen functional groups attached to an aromatic ring is 1. The number of nitrogens with zero attached hydrogens (tertiary/aromatic N) is 3. The van der Waals surface area contributed by atoms with E-state index in [2.05, 4.69) is 27.2 Å². The number of carbonyl (C=O) groups excluding carboxylic acids is 4. The van der Waals surface area contributed by atoms with Crippen LogP contribution in [0.25, 0.3) is 22.3 Å². The first-order chi connectivity index (χ1) is 32.9. The zero-order chi connectivity index (χ0) is 48.4. The molecule has 1 fully saturated rings. The number of halogens is 1. The molecule has 0 spiro atoms. The molecule has 0 radical (unpaired) electrons. The number of H-pyrrole nitrogens is 1. The van der Waals surface area contributed by atoms with Crippen molar-refractivity contribution in [3.63, 3.8) is 0 Å². The molecule has 17 heteroatoms. The van der Waals surface area contributed by atoms with Gasteiger partial charge in [-0.25, -0.2) is 23.8 Å². The number of nitrogens with one attached hydrogen (secondary N) is 2. The monoisotopic (exact) mass is 945 g/mol. The molecular formula is C51H69FN6O10. The van der Waals surface area contributed by atoms with Crippen LogP contribution in [0.5, 0.6) is 0 Å². The third-order valence-electron chi connectivity index (χ3n) is 12.7. The number of imidazole rings is 1. The van der Waals surface area contributed by atoms with E-state index in [4.69, 9.17) is 29.4 Å². The lowest BCUT2D eigenvalue weighted by molar-refractivity contribution is -0.177. The van der Waals surface area contributed by atoms with Crippen LogP contribution in [0, 0.1) is 5.92 Å². The summed E-state index contributed by atoms with van der Waals surface area (Å²) < 4.78 is 44.8. The smallest absolute Gasteiger partial charge is 0.407 e. The molecule has 1 aliphatic carbocycles. The number of anilines is 1. The molecule has 1 amide bonds. The lowest BCUT2D eigenvalue weighted by Gasteiger charge is -2.23. The molecule has 0 bridgehead atoms. The highest BCUT2D eigenvalue weighted by Gasteiger charge is 2.40. The third kappa shape index (κ3) is 14.3. The number of ether oxygens (including phenoxy) is 5. The van der Waals surface area contributed by atoms with E-state index in [1.807, 2.05) is 48.5 Å². The summed E-state index contributed by atoms with van der Waals surface area (Å²) in [7, 11) is 0. The van der Waals surface area contributed by atoms with Crippen molar-refractivity contribution in [2.24, 2.45) is 5.92 Å². The number of alkyl halides is 1. The van der Waals surface area contributed by atoms with Gasteiger partial charge in [0.1, 0.15) is 44.4 Å². The molecule has 16 nitrogen and oxygen atoms in total. The van der Waals surface area contributed by atoms with Gasteiger partial charge in [-0.3, -0.25) is 19.1 Å². The quantitative estimate of drug-likeness (QED) is 0.0275. The number of aromatic nitrogens is 4. The van der Waals surface area contributed by atoms with Gasteiger partial charge in [-0.2, -0.15) is 4.98 Å².